The predicted octanol–water partition coefficient (Wildman–Crippen LogP) is 4.08. The zero-order chi connectivity index (χ0) is 9.86. The molecular weight excluding hydrogens is 260 g/mol. The van der Waals surface area contributed by atoms with Gasteiger partial charge < -0.3 is 4.42 Å². The molecule has 0 N–H and O–H groups in total. The Labute approximate surface area is 97.8 Å². The summed E-state index contributed by atoms with van der Waals surface area (Å²) in [6.45, 7) is 0. The van der Waals surface area contributed by atoms with E-state index >= 15 is 0 Å². The van der Waals surface area contributed by atoms with E-state index < -0.39 is 0 Å². The van der Waals surface area contributed by atoms with E-state index in [1.54, 1.807) is 6.26 Å². The summed E-state index contributed by atoms with van der Waals surface area (Å²) in [6.07, 6.45) is 5.94. The lowest BCUT2D eigenvalue weighted by atomic mass is 9.72. The van der Waals surface area contributed by atoms with Gasteiger partial charge >= 0.3 is 0 Å². The van der Waals surface area contributed by atoms with Crippen LogP contribution in [0.2, 0.25) is 0 Å². The molecule has 0 amide bonds. The topological polar surface area (TPSA) is 13.1 Å². The van der Waals surface area contributed by atoms with Crippen LogP contribution < -0.4 is 0 Å². The zero-order valence-electron chi connectivity index (χ0n) is 8.17. The summed E-state index contributed by atoms with van der Waals surface area (Å²) >= 11 is 5.62. The summed E-state index contributed by atoms with van der Waals surface area (Å²) in [5.74, 6) is 3.37. The second-order valence-corrected chi connectivity index (χ2v) is 5.61. The maximum absolute atomic E-state index is 5.30. The van der Waals surface area contributed by atoms with Gasteiger partial charge in [-0.05, 0) is 30.4 Å². The Balaban J connectivity index is 1.72. The molecule has 3 heteroatoms. The SMILES string of the molecule is BrCC1(CSCc2ccco2)CCC1. The molecule has 2 rings (SSSR count). The molecule has 78 valence electrons. The maximum Gasteiger partial charge on any atom is 0.113 e. The van der Waals surface area contributed by atoms with Gasteiger partial charge in [0.05, 0.1) is 12.0 Å². The zero-order valence-corrected chi connectivity index (χ0v) is 10.6. The van der Waals surface area contributed by atoms with Crippen molar-refractivity contribution in [2.45, 2.75) is 25.0 Å². The van der Waals surface area contributed by atoms with Crippen LogP contribution in [0.25, 0.3) is 0 Å². The van der Waals surface area contributed by atoms with Crippen molar-refractivity contribution in [3.8, 4) is 0 Å². The van der Waals surface area contributed by atoms with Gasteiger partial charge in [-0.3, -0.25) is 0 Å². The summed E-state index contributed by atoms with van der Waals surface area (Å²) in [6, 6.07) is 4.01. The maximum atomic E-state index is 5.30. The normalized spacial score (nSPS) is 19.2. The number of thioether (sulfide) groups is 1. The minimum Gasteiger partial charge on any atom is -0.468 e. The van der Waals surface area contributed by atoms with Crippen molar-refractivity contribution in [2.24, 2.45) is 5.41 Å². The average Bonchev–Trinajstić information content (AvgIpc) is 2.62. The molecule has 0 atom stereocenters. The summed E-state index contributed by atoms with van der Waals surface area (Å²) < 4.78 is 5.30. The van der Waals surface area contributed by atoms with Gasteiger partial charge in [-0.15, -0.1) is 0 Å². The Kier molecular flexibility index (Phi) is 3.61. The van der Waals surface area contributed by atoms with Gasteiger partial charge in [0.1, 0.15) is 5.76 Å². The third kappa shape index (κ3) is 2.37. The number of rotatable bonds is 5. The first-order chi connectivity index (χ1) is 6.85. The lowest BCUT2D eigenvalue weighted by Gasteiger charge is -2.40. The minimum absolute atomic E-state index is 0.595. The first-order valence-corrected chi connectivity index (χ1v) is 7.28. The molecule has 1 aromatic rings. The molecule has 0 aliphatic heterocycles. The van der Waals surface area contributed by atoms with Gasteiger partial charge in [-0.25, -0.2) is 0 Å². The first kappa shape index (κ1) is 10.6. The molecule has 1 saturated carbocycles. The van der Waals surface area contributed by atoms with E-state index in [1.807, 2.05) is 17.8 Å². The number of furan rings is 1. The van der Waals surface area contributed by atoms with Crippen molar-refractivity contribution >= 4 is 27.7 Å². The van der Waals surface area contributed by atoms with Crippen LogP contribution in [0.15, 0.2) is 22.8 Å². The van der Waals surface area contributed by atoms with Gasteiger partial charge in [0.2, 0.25) is 0 Å². The third-order valence-electron chi connectivity index (χ3n) is 2.93. The van der Waals surface area contributed by atoms with Crippen LogP contribution in [0.1, 0.15) is 25.0 Å². The molecule has 1 aliphatic rings. The van der Waals surface area contributed by atoms with Crippen molar-refractivity contribution in [2.75, 3.05) is 11.1 Å². The summed E-state index contributed by atoms with van der Waals surface area (Å²) in [5, 5.41) is 1.16. The molecule has 1 aliphatic carbocycles. The molecule has 0 unspecified atom stereocenters. The lowest BCUT2D eigenvalue weighted by molar-refractivity contribution is 0.206. The highest BCUT2D eigenvalue weighted by molar-refractivity contribution is 9.09. The molecule has 0 saturated heterocycles. The van der Waals surface area contributed by atoms with Crippen molar-refractivity contribution in [1.82, 2.24) is 0 Å². The van der Waals surface area contributed by atoms with Gasteiger partial charge in [0.15, 0.2) is 0 Å². The fourth-order valence-electron chi connectivity index (χ4n) is 1.76. The second kappa shape index (κ2) is 4.75. The Hall–Kier alpha value is 0.110. The fourth-order valence-corrected chi connectivity index (χ4v) is 4.07. The molecule has 0 radical (unpaired) electrons. The Morgan fingerprint density at radius 1 is 1.50 bits per heavy atom. The van der Waals surface area contributed by atoms with Crippen molar-refractivity contribution in [3.05, 3.63) is 24.2 Å². The van der Waals surface area contributed by atoms with Crippen molar-refractivity contribution < 1.29 is 4.42 Å². The largest absolute Gasteiger partial charge is 0.468 e. The van der Waals surface area contributed by atoms with E-state index in [1.165, 1.54) is 25.0 Å². The van der Waals surface area contributed by atoms with Gasteiger partial charge in [-0.2, -0.15) is 11.8 Å². The molecule has 1 heterocycles. The number of alkyl halides is 1. The van der Waals surface area contributed by atoms with Crippen LogP contribution in [0.5, 0.6) is 0 Å². The van der Waals surface area contributed by atoms with Crippen LogP contribution in [0.4, 0.5) is 0 Å². The van der Waals surface area contributed by atoms with Crippen molar-refractivity contribution in [1.29, 1.82) is 0 Å². The van der Waals surface area contributed by atoms with Gasteiger partial charge in [0, 0.05) is 11.1 Å². The second-order valence-electron chi connectivity index (χ2n) is 4.06. The molecule has 0 spiro atoms. The van der Waals surface area contributed by atoms with Crippen LogP contribution in [-0.4, -0.2) is 11.1 Å². The molecule has 0 bridgehead atoms. The van der Waals surface area contributed by atoms with E-state index in [2.05, 4.69) is 22.0 Å². The monoisotopic (exact) mass is 274 g/mol. The Bertz CT molecular complexity index is 261. The standard InChI is InChI=1S/C11H15BrOS/c12-8-11(4-2-5-11)9-14-7-10-3-1-6-13-10/h1,3,6H,2,4-5,7-9H2. The molecule has 0 aromatic carbocycles. The summed E-state index contributed by atoms with van der Waals surface area (Å²) in [5.41, 5.74) is 0.595. The summed E-state index contributed by atoms with van der Waals surface area (Å²) in [7, 11) is 0. The fraction of sp³-hybridized carbons (Fsp3) is 0.636. The number of halogens is 1. The van der Waals surface area contributed by atoms with Crippen LogP contribution in [-0.2, 0) is 5.75 Å². The smallest absolute Gasteiger partial charge is 0.113 e. The highest BCUT2D eigenvalue weighted by atomic mass is 79.9. The van der Waals surface area contributed by atoms with Gasteiger partial charge in [-0.1, -0.05) is 22.4 Å². The highest BCUT2D eigenvalue weighted by Crippen LogP contribution is 2.45. The Morgan fingerprint density at radius 2 is 2.36 bits per heavy atom. The molecule has 1 aromatic heterocycles. The summed E-state index contributed by atoms with van der Waals surface area (Å²) in [4.78, 5) is 0. The molecule has 1 nitrogen and oxygen atoms in total. The van der Waals surface area contributed by atoms with E-state index in [0.717, 1.165) is 16.8 Å². The van der Waals surface area contributed by atoms with Crippen LogP contribution >= 0.6 is 27.7 Å². The van der Waals surface area contributed by atoms with Crippen molar-refractivity contribution in [3.63, 3.8) is 0 Å². The van der Waals surface area contributed by atoms with Crippen LogP contribution in [0.3, 0.4) is 0 Å². The Morgan fingerprint density at radius 3 is 2.86 bits per heavy atom. The minimum atomic E-state index is 0.595. The van der Waals surface area contributed by atoms with E-state index in [4.69, 9.17) is 4.42 Å². The average molecular weight is 275 g/mol. The predicted molar refractivity (Wildman–Crippen MR) is 64.9 cm³/mol. The van der Waals surface area contributed by atoms with E-state index in [0.29, 0.717) is 5.41 Å². The molecular formula is C11H15BrOS. The molecule has 1 fully saturated rings. The first-order valence-electron chi connectivity index (χ1n) is 5.01. The number of hydrogen-bond acceptors (Lipinski definition) is 2. The quantitative estimate of drug-likeness (QED) is 0.751. The molecule has 14 heavy (non-hydrogen) atoms. The van der Waals surface area contributed by atoms with E-state index in [-0.39, 0.29) is 0 Å². The number of hydrogen-bond donors (Lipinski definition) is 0. The highest BCUT2D eigenvalue weighted by Gasteiger charge is 2.35. The lowest BCUT2D eigenvalue weighted by Crippen LogP contribution is -2.33. The van der Waals surface area contributed by atoms with Crippen LogP contribution in [0, 0.1) is 5.41 Å². The van der Waals surface area contributed by atoms with Gasteiger partial charge in [0.25, 0.3) is 0 Å². The third-order valence-corrected chi connectivity index (χ3v) is 5.42. The van der Waals surface area contributed by atoms with E-state index in [9.17, 15) is 0 Å².